The van der Waals surface area contributed by atoms with Crippen LogP contribution in [0, 0.1) is 13.8 Å². The Hall–Kier alpha value is -2.53. The number of nitrogens with zero attached hydrogens (tertiary/aromatic N) is 3. The number of benzene rings is 2. The molecule has 2 aliphatic rings. The van der Waals surface area contributed by atoms with E-state index in [2.05, 4.69) is 40.1 Å². The van der Waals surface area contributed by atoms with Gasteiger partial charge in [-0.2, -0.15) is 0 Å². The second-order valence-corrected chi connectivity index (χ2v) is 9.20. The highest BCUT2D eigenvalue weighted by Crippen LogP contribution is 2.22. The van der Waals surface area contributed by atoms with E-state index < -0.39 is 0 Å². The molecule has 2 aromatic rings. The Labute approximate surface area is 193 Å². The molecule has 172 valence electrons. The SMILES string of the molecule is Cc1ccc(C)c(C(=O)N2CCN(c3ccc(OCCCN4CCCCC4)cc3)CC2)c1. The van der Waals surface area contributed by atoms with Crippen LogP contribution in [-0.4, -0.2) is 68.1 Å². The molecule has 2 heterocycles. The monoisotopic (exact) mass is 435 g/mol. The molecule has 0 N–H and O–H groups in total. The van der Waals surface area contributed by atoms with E-state index in [1.165, 1.54) is 38.0 Å². The van der Waals surface area contributed by atoms with Crippen molar-refractivity contribution in [3.8, 4) is 5.75 Å². The van der Waals surface area contributed by atoms with Crippen molar-refractivity contribution in [2.24, 2.45) is 0 Å². The Morgan fingerprint density at radius 2 is 1.59 bits per heavy atom. The van der Waals surface area contributed by atoms with Gasteiger partial charge in [0.2, 0.25) is 0 Å². The fraction of sp³-hybridized carbons (Fsp3) is 0.519. The minimum Gasteiger partial charge on any atom is -0.494 e. The topological polar surface area (TPSA) is 36.0 Å². The number of carbonyl (C=O) groups is 1. The highest BCUT2D eigenvalue weighted by molar-refractivity contribution is 5.96. The zero-order valence-corrected chi connectivity index (χ0v) is 19.7. The van der Waals surface area contributed by atoms with Gasteiger partial charge in [0.05, 0.1) is 6.61 Å². The number of anilines is 1. The Morgan fingerprint density at radius 1 is 0.875 bits per heavy atom. The van der Waals surface area contributed by atoms with Crippen molar-refractivity contribution >= 4 is 11.6 Å². The van der Waals surface area contributed by atoms with Gasteiger partial charge in [-0.3, -0.25) is 4.79 Å². The summed E-state index contributed by atoms with van der Waals surface area (Å²) in [5, 5.41) is 0. The fourth-order valence-electron chi connectivity index (χ4n) is 4.72. The van der Waals surface area contributed by atoms with Crippen LogP contribution in [0.1, 0.15) is 47.2 Å². The summed E-state index contributed by atoms with van der Waals surface area (Å²) in [5.74, 6) is 1.09. The standard InChI is InChI=1S/C27H37N3O2/c1-22-7-8-23(2)26(21-22)27(31)30-18-16-29(17-19-30)24-9-11-25(12-10-24)32-20-6-15-28-13-4-3-5-14-28/h7-12,21H,3-6,13-20H2,1-2H3. The third-order valence-corrected chi connectivity index (χ3v) is 6.73. The number of hydrogen-bond acceptors (Lipinski definition) is 4. The second kappa shape index (κ2) is 10.9. The summed E-state index contributed by atoms with van der Waals surface area (Å²) in [5.41, 5.74) is 4.21. The lowest BCUT2D eigenvalue weighted by Gasteiger charge is -2.36. The van der Waals surface area contributed by atoms with E-state index >= 15 is 0 Å². The third kappa shape index (κ3) is 5.83. The van der Waals surface area contributed by atoms with Gasteiger partial charge < -0.3 is 19.4 Å². The molecule has 0 spiro atoms. The number of likely N-dealkylation sites (tertiary alicyclic amines) is 1. The van der Waals surface area contributed by atoms with Gasteiger partial charge in [0.15, 0.2) is 0 Å². The van der Waals surface area contributed by atoms with Gasteiger partial charge in [-0.25, -0.2) is 0 Å². The summed E-state index contributed by atoms with van der Waals surface area (Å²) >= 11 is 0. The van der Waals surface area contributed by atoms with Crippen LogP contribution in [0.25, 0.3) is 0 Å². The Kier molecular flexibility index (Phi) is 7.69. The molecule has 4 rings (SSSR count). The summed E-state index contributed by atoms with van der Waals surface area (Å²) in [6.07, 6.45) is 5.15. The molecular formula is C27H37N3O2. The van der Waals surface area contributed by atoms with Crippen molar-refractivity contribution in [1.29, 1.82) is 0 Å². The average Bonchev–Trinajstić information content (AvgIpc) is 2.84. The Bertz CT molecular complexity index is 882. The van der Waals surface area contributed by atoms with Crippen LogP contribution in [0.2, 0.25) is 0 Å². The van der Waals surface area contributed by atoms with E-state index in [9.17, 15) is 4.79 Å². The first kappa shape index (κ1) is 22.7. The molecule has 0 radical (unpaired) electrons. The summed E-state index contributed by atoms with van der Waals surface area (Å²) < 4.78 is 5.96. The smallest absolute Gasteiger partial charge is 0.254 e. The number of hydrogen-bond donors (Lipinski definition) is 0. The third-order valence-electron chi connectivity index (χ3n) is 6.73. The molecule has 0 saturated carbocycles. The zero-order valence-electron chi connectivity index (χ0n) is 19.7. The Balaban J connectivity index is 1.22. The number of rotatable bonds is 7. The molecule has 1 amide bonds. The molecule has 2 saturated heterocycles. The molecule has 2 fully saturated rings. The molecule has 0 aromatic heterocycles. The predicted octanol–water partition coefficient (Wildman–Crippen LogP) is 4.52. The van der Waals surface area contributed by atoms with Gasteiger partial charge in [-0.15, -0.1) is 0 Å². The van der Waals surface area contributed by atoms with Gasteiger partial charge in [-0.1, -0.05) is 24.1 Å². The van der Waals surface area contributed by atoms with Crippen molar-refractivity contribution < 1.29 is 9.53 Å². The number of amides is 1. The number of ether oxygens (including phenoxy) is 1. The van der Waals surface area contributed by atoms with E-state index in [0.717, 1.165) is 68.2 Å². The highest BCUT2D eigenvalue weighted by Gasteiger charge is 2.23. The van der Waals surface area contributed by atoms with Gasteiger partial charge in [0, 0.05) is 44.0 Å². The van der Waals surface area contributed by atoms with Crippen LogP contribution in [0.4, 0.5) is 5.69 Å². The molecule has 2 aromatic carbocycles. The molecule has 2 aliphatic heterocycles. The van der Waals surface area contributed by atoms with Crippen LogP contribution in [0.3, 0.4) is 0 Å². The zero-order chi connectivity index (χ0) is 22.3. The number of carbonyl (C=O) groups excluding carboxylic acids is 1. The molecule has 0 atom stereocenters. The molecule has 5 heteroatoms. The van der Waals surface area contributed by atoms with E-state index in [-0.39, 0.29) is 5.91 Å². The van der Waals surface area contributed by atoms with E-state index in [1.54, 1.807) is 0 Å². The minimum absolute atomic E-state index is 0.152. The maximum Gasteiger partial charge on any atom is 0.254 e. The summed E-state index contributed by atoms with van der Waals surface area (Å²) in [6, 6.07) is 14.5. The van der Waals surface area contributed by atoms with E-state index in [0.29, 0.717) is 0 Å². The maximum atomic E-state index is 13.0. The minimum atomic E-state index is 0.152. The second-order valence-electron chi connectivity index (χ2n) is 9.20. The molecule has 0 aliphatic carbocycles. The Morgan fingerprint density at radius 3 is 2.31 bits per heavy atom. The highest BCUT2D eigenvalue weighted by atomic mass is 16.5. The summed E-state index contributed by atoms with van der Waals surface area (Å²) in [7, 11) is 0. The average molecular weight is 436 g/mol. The largest absolute Gasteiger partial charge is 0.494 e. The van der Waals surface area contributed by atoms with Crippen molar-refractivity contribution in [3.63, 3.8) is 0 Å². The van der Waals surface area contributed by atoms with Gasteiger partial charge in [-0.05, 0) is 82.1 Å². The summed E-state index contributed by atoms with van der Waals surface area (Å²) in [6.45, 7) is 11.7. The van der Waals surface area contributed by atoms with Gasteiger partial charge in [0.1, 0.15) is 5.75 Å². The first-order valence-electron chi connectivity index (χ1n) is 12.2. The fourth-order valence-corrected chi connectivity index (χ4v) is 4.72. The van der Waals surface area contributed by atoms with Crippen molar-refractivity contribution in [1.82, 2.24) is 9.80 Å². The number of piperazine rings is 1. The normalized spacial score (nSPS) is 17.4. The van der Waals surface area contributed by atoms with Crippen LogP contribution in [0.5, 0.6) is 5.75 Å². The first-order chi connectivity index (χ1) is 15.6. The van der Waals surface area contributed by atoms with Crippen LogP contribution in [0.15, 0.2) is 42.5 Å². The first-order valence-corrected chi connectivity index (χ1v) is 12.2. The summed E-state index contributed by atoms with van der Waals surface area (Å²) in [4.78, 5) is 19.9. The van der Waals surface area contributed by atoms with Gasteiger partial charge in [0.25, 0.3) is 5.91 Å². The predicted molar refractivity (Wildman–Crippen MR) is 131 cm³/mol. The van der Waals surface area contributed by atoms with Crippen molar-refractivity contribution in [3.05, 3.63) is 59.2 Å². The van der Waals surface area contributed by atoms with Crippen molar-refractivity contribution in [2.75, 3.05) is 57.3 Å². The maximum absolute atomic E-state index is 13.0. The van der Waals surface area contributed by atoms with Gasteiger partial charge >= 0.3 is 0 Å². The van der Waals surface area contributed by atoms with E-state index in [1.807, 2.05) is 30.9 Å². The molecule has 5 nitrogen and oxygen atoms in total. The molecular weight excluding hydrogens is 398 g/mol. The van der Waals surface area contributed by atoms with Crippen LogP contribution in [-0.2, 0) is 0 Å². The lowest BCUT2D eigenvalue weighted by atomic mass is 10.0. The quantitative estimate of drug-likeness (QED) is 0.599. The lowest BCUT2D eigenvalue weighted by Crippen LogP contribution is -2.49. The van der Waals surface area contributed by atoms with Crippen molar-refractivity contribution in [2.45, 2.75) is 39.5 Å². The lowest BCUT2D eigenvalue weighted by molar-refractivity contribution is 0.0746. The molecule has 32 heavy (non-hydrogen) atoms. The van der Waals surface area contributed by atoms with E-state index in [4.69, 9.17) is 4.74 Å². The molecule has 0 unspecified atom stereocenters. The van der Waals surface area contributed by atoms with Crippen LogP contribution < -0.4 is 9.64 Å². The number of aryl methyl sites for hydroxylation is 2. The number of piperidine rings is 1. The van der Waals surface area contributed by atoms with Crippen LogP contribution >= 0.6 is 0 Å². The molecule has 0 bridgehead atoms.